The van der Waals surface area contributed by atoms with Crippen molar-refractivity contribution in [3.8, 4) is 5.75 Å². The lowest BCUT2D eigenvalue weighted by Gasteiger charge is -2.31. The monoisotopic (exact) mass is 359 g/mol. The molecule has 0 N–H and O–H groups in total. The Labute approximate surface area is 150 Å². The molecule has 0 amide bonds. The molecule has 1 atom stereocenters. The summed E-state index contributed by atoms with van der Waals surface area (Å²) in [4.78, 5) is 0. The highest BCUT2D eigenvalue weighted by atomic mass is 32.2. The van der Waals surface area contributed by atoms with Gasteiger partial charge in [0, 0.05) is 19.0 Å². The van der Waals surface area contributed by atoms with Crippen molar-refractivity contribution in [2.24, 2.45) is 5.92 Å². The lowest BCUT2D eigenvalue weighted by Crippen LogP contribution is -2.42. The van der Waals surface area contributed by atoms with E-state index in [1.54, 1.807) is 4.31 Å². The molecule has 0 aliphatic carbocycles. The minimum Gasteiger partial charge on any atom is -0.493 e. The Hall–Kier alpha value is -1.85. The molecule has 0 aromatic heterocycles. The van der Waals surface area contributed by atoms with E-state index in [9.17, 15) is 8.42 Å². The lowest BCUT2D eigenvalue weighted by molar-refractivity contribution is 0.180. The van der Waals surface area contributed by atoms with Gasteiger partial charge in [-0.2, -0.15) is 0 Å². The van der Waals surface area contributed by atoms with Crippen LogP contribution >= 0.6 is 0 Å². The molecule has 0 bridgehead atoms. The van der Waals surface area contributed by atoms with Gasteiger partial charge in [-0.25, -0.2) is 12.7 Å². The number of aryl methyl sites for hydroxylation is 1. The highest BCUT2D eigenvalue weighted by Crippen LogP contribution is 2.22. The molecule has 5 heteroatoms. The van der Waals surface area contributed by atoms with Gasteiger partial charge in [-0.15, -0.1) is 0 Å². The fraction of sp³-hybridized carbons (Fsp3) is 0.400. The molecule has 0 radical (unpaired) electrons. The van der Waals surface area contributed by atoms with E-state index in [-0.39, 0.29) is 11.7 Å². The summed E-state index contributed by atoms with van der Waals surface area (Å²) in [7, 11) is -3.29. The Morgan fingerprint density at radius 2 is 1.80 bits per heavy atom. The zero-order chi connectivity index (χ0) is 17.7. The molecule has 0 saturated carbocycles. The van der Waals surface area contributed by atoms with Gasteiger partial charge in [0.25, 0.3) is 0 Å². The first-order valence-electron chi connectivity index (χ1n) is 8.74. The van der Waals surface area contributed by atoms with Gasteiger partial charge in [-0.05, 0) is 37.5 Å². The van der Waals surface area contributed by atoms with Gasteiger partial charge >= 0.3 is 0 Å². The predicted octanol–water partition coefficient (Wildman–Crippen LogP) is 3.62. The smallest absolute Gasteiger partial charge is 0.218 e. The fourth-order valence-electron chi connectivity index (χ4n) is 3.13. The molecule has 4 nitrogen and oxygen atoms in total. The molecular formula is C20H25NO3S. The maximum atomic E-state index is 12.7. The molecule has 134 valence electrons. The van der Waals surface area contributed by atoms with Gasteiger partial charge in [0.05, 0.1) is 12.4 Å². The Kier molecular flexibility index (Phi) is 5.76. The van der Waals surface area contributed by atoms with E-state index < -0.39 is 10.0 Å². The van der Waals surface area contributed by atoms with Crippen LogP contribution in [0.25, 0.3) is 0 Å². The van der Waals surface area contributed by atoms with Gasteiger partial charge in [0.1, 0.15) is 5.75 Å². The van der Waals surface area contributed by atoms with Crippen molar-refractivity contribution >= 4 is 10.0 Å². The summed E-state index contributed by atoms with van der Waals surface area (Å²) in [6.45, 7) is 3.71. The average molecular weight is 359 g/mol. The molecule has 3 rings (SSSR count). The van der Waals surface area contributed by atoms with E-state index >= 15 is 0 Å². The van der Waals surface area contributed by atoms with E-state index in [0.717, 1.165) is 29.7 Å². The summed E-state index contributed by atoms with van der Waals surface area (Å²) in [5, 5.41) is 0. The first kappa shape index (κ1) is 18.0. The Balaban J connectivity index is 1.58. The van der Waals surface area contributed by atoms with Crippen LogP contribution in [0.3, 0.4) is 0 Å². The Morgan fingerprint density at radius 1 is 1.08 bits per heavy atom. The summed E-state index contributed by atoms with van der Waals surface area (Å²) in [6, 6.07) is 17.4. The van der Waals surface area contributed by atoms with Crippen LogP contribution in [0.15, 0.2) is 54.6 Å². The quantitative estimate of drug-likeness (QED) is 0.791. The van der Waals surface area contributed by atoms with Gasteiger partial charge < -0.3 is 4.74 Å². The third-order valence-corrected chi connectivity index (χ3v) is 6.39. The van der Waals surface area contributed by atoms with Crippen LogP contribution in [0.2, 0.25) is 0 Å². The predicted molar refractivity (Wildman–Crippen MR) is 100 cm³/mol. The van der Waals surface area contributed by atoms with Gasteiger partial charge in [-0.1, -0.05) is 48.0 Å². The first-order chi connectivity index (χ1) is 12.0. The number of para-hydroxylation sites is 1. The van der Waals surface area contributed by atoms with Crippen LogP contribution in [-0.4, -0.2) is 32.4 Å². The highest BCUT2D eigenvalue weighted by Gasteiger charge is 2.29. The molecule has 1 heterocycles. The van der Waals surface area contributed by atoms with E-state index in [1.807, 2.05) is 61.5 Å². The van der Waals surface area contributed by atoms with Crippen molar-refractivity contribution in [1.29, 1.82) is 0 Å². The van der Waals surface area contributed by atoms with E-state index in [2.05, 4.69) is 0 Å². The molecule has 25 heavy (non-hydrogen) atoms. The van der Waals surface area contributed by atoms with Crippen LogP contribution in [0.1, 0.15) is 24.0 Å². The number of ether oxygens (including phenoxy) is 1. The number of sulfonamides is 1. The molecule has 0 spiro atoms. The lowest BCUT2D eigenvalue weighted by atomic mass is 10.0. The molecule has 2 aromatic rings. The number of rotatable bonds is 6. The Bertz CT molecular complexity index is 772. The van der Waals surface area contributed by atoms with Crippen LogP contribution in [0, 0.1) is 12.8 Å². The summed E-state index contributed by atoms with van der Waals surface area (Å²) in [6.07, 6.45) is 1.89. The van der Waals surface area contributed by atoms with Gasteiger partial charge in [0.2, 0.25) is 10.0 Å². The normalized spacial score (nSPS) is 18.8. The second kappa shape index (κ2) is 8.02. The van der Waals surface area contributed by atoms with E-state index in [4.69, 9.17) is 4.74 Å². The number of piperidine rings is 1. The molecule has 1 saturated heterocycles. The van der Waals surface area contributed by atoms with Crippen molar-refractivity contribution in [2.75, 3.05) is 19.7 Å². The number of nitrogens with zero attached hydrogens (tertiary/aromatic N) is 1. The molecule has 1 aliphatic heterocycles. The third kappa shape index (κ3) is 5.06. The van der Waals surface area contributed by atoms with Crippen LogP contribution in [-0.2, 0) is 15.8 Å². The molecule has 2 aromatic carbocycles. The van der Waals surface area contributed by atoms with Crippen LogP contribution in [0.5, 0.6) is 5.75 Å². The van der Waals surface area contributed by atoms with Crippen molar-refractivity contribution < 1.29 is 13.2 Å². The maximum absolute atomic E-state index is 12.7. The number of hydrogen-bond donors (Lipinski definition) is 0. The molecule has 1 unspecified atom stereocenters. The van der Waals surface area contributed by atoms with Crippen molar-refractivity contribution in [3.63, 3.8) is 0 Å². The fourth-order valence-corrected chi connectivity index (χ4v) is 4.77. The summed E-state index contributed by atoms with van der Waals surface area (Å²) >= 11 is 0. The number of hydrogen-bond acceptors (Lipinski definition) is 3. The van der Waals surface area contributed by atoms with E-state index in [0.29, 0.717) is 19.7 Å². The maximum Gasteiger partial charge on any atom is 0.218 e. The molecule has 1 fully saturated rings. The second-order valence-corrected chi connectivity index (χ2v) is 8.70. The Morgan fingerprint density at radius 3 is 2.52 bits per heavy atom. The van der Waals surface area contributed by atoms with E-state index in [1.165, 1.54) is 0 Å². The van der Waals surface area contributed by atoms with Crippen LogP contribution < -0.4 is 4.74 Å². The SMILES string of the molecule is Cc1ccc(CS(=O)(=O)N2CCCC(COc3ccccc3)C2)cc1. The standard InChI is InChI=1S/C20H25NO3S/c1-17-9-11-18(12-10-17)16-25(22,23)21-13-5-6-19(14-21)15-24-20-7-3-2-4-8-20/h2-4,7-12,19H,5-6,13-16H2,1H3. The topological polar surface area (TPSA) is 46.6 Å². The molecule has 1 aliphatic rings. The summed E-state index contributed by atoms with van der Waals surface area (Å²) in [5.74, 6) is 1.14. The number of benzene rings is 2. The van der Waals surface area contributed by atoms with Crippen molar-refractivity contribution in [3.05, 3.63) is 65.7 Å². The minimum atomic E-state index is -3.29. The van der Waals surface area contributed by atoms with Gasteiger partial charge in [0.15, 0.2) is 0 Å². The van der Waals surface area contributed by atoms with Gasteiger partial charge in [-0.3, -0.25) is 0 Å². The summed E-state index contributed by atoms with van der Waals surface area (Å²) in [5.41, 5.74) is 1.98. The summed E-state index contributed by atoms with van der Waals surface area (Å²) < 4.78 is 32.9. The van der Waals surface area contributed by atoms with Crippen molar-refractivity contribution in [1.82, 2.24) is 4.31 Å². The van der Waals surface area contributed by atoms with Crippen molar-refractivity contribution in [2.45, 2.75) is 25.5 Å². The third-order valence-electron chi connectivity index (χ3n) is 4.57. The minimum absolute atomic E-state index is 0.0690. The average Bonchev–Trinajstić information content (AvgIpc) is 2.63. The molecular weight excluding hydrogens is 334 g/mol. The second-order valence-electron chi connectivity index (χ2n) is 6.73. The zero-order valence-corrected chi connectivity index (χ0v) is 15.4. The zero-order valence-electron chi connectivity index (χ0n) is 14.6. The highest BCUT2D eigenvalue weighted by molar-refractivity contribution is 7.88. The largest absolute Gasteiger partial charge is 0.493 e. The van der Waals surface area contributed by atoms with Crippen LogP contribution in [0.4, 0.5) is 0 Å². The first-order valence-corrected chi connectivity index (χ1v) is 10.3.